The Morgan fingerprint density at radius 2 is 1.94 bits per heavy atom. The highest BCUT2D eigenvalue weighted by molar-refractivity contribution is 7.80. The second-order valence-electron chi connectivity index (χ2n) is 6.96. The molecule has 9 heteroatoms. The minimum atomic E-state index is -1.31. The van der Waals surface area contributed by atoms with E-state index in [0.29, 0.717) is 29.4 Å². The Kier molecular flexibility index (Phi) is 6.05. The van der Waals surface area contributed by atoms with Crippen molar-refractivity contribution in [3.63, 3.8) is 0 Å². The molecular weight excluding hydrogens is 444 g/mol. The van der Waals surface area contributed by atoms with Gasteiger partial charge in [0.15, 0.2) is 5.11 Å². The van der Waals surface area contributed by atoms with Gasteiger partial charge in [0.2, 0.25) is 0 Å². The van der Waals surface area contributed by atoms with Gasteiger partial charge in [-0.2, -0.15) is 0 Å². The molecule has 0 radical (unpaired) electrons. The fourth-order valence-corrected chi connectivity index (χ4v) is 3.58. The van der Waals surface area contributed by atoms with Crippen LogP contribution in [0, 0.1) is 0 Å². The molecule has 166 valence electrons. The monoisotopic (exact) mass is 461 g/mol. The molecule has 33 heavy (non-hydrogen) atoms. The van der Waals surface area contributed by atoms with Crippen molar-refractivity contribution < 1.29 is 28.6 Å². The molecule has 1 saturated heterocycles. The predicted molar refractivity (Wildman–Crippen MR) is 122 cm³/mol. The van der Waals surface area contributed by atoms with Crippen LogP contribution in [0.15, 0.2) is 70.7 Å². The first-order valence-electron chi connectivity index (χ1n) is 9.93. The van der Waals surface area contributed by atoms with Crippen molar-refractivity contribution in [2.24, 2.45) is 0 Å². The summed E-state index contributed by atoms with van der Waals surface area (Å²) in [6.45, 7) is 2.30. The van der Waals surface area contributed by atoms with Crippen molar-refractivity contribution in [2.45, 2.75) is 6.92 Å². The largest absolute Gasteiger partial charge is 0.545 e. The Labute approximate surface area is 194 Å². The van der Waals surface area contributed by atoms with Gasteiger partial charge in [-0.05, 0) is 61.1 Å². The van der Waals surface area contributed by atoms with E-state index in [4.69, 9.17) is 21.4 Å². The van der Waals surface area contributed by atoms with Gasteiger partial charge in [-0.25, -0.2) is 0 Å². The van der Waals surface area contributed by atoms with Gasteiger partial charge in [0.05, 0.1) is 18.3 Å². The minimum absolute atomic E-state index is 0.00378. The molecule has 0 saturated carbocycles. The van der Waals surface area contributed by atoms with Crippen LogP contribution in [-0.2, 0) is 9.59 Å². The molecule has 1 aromatic heterocycles. The number of nitrogens with zero attached hydrogens (tertiary/aromatic N) is 1. The molecule has 2 amide bonds. The quantitative estimate of drug-likeness (QED) is 0.341. The summed E-state index contributed by atoms with van der Waals surface area (Å²) in [5.41, 5.74) is 0.788. The SMILES string of the molecule is CCOc1cccc(N2C(=O)/C(=C\c3ccc(-c4cccc(C(=O)[O-])c4)o3)C(=O)NC2=S)c1. The normalized spacial score (nSPS) is 15.0. The molecule has 2 aromatic carbocycles. The molecule has 1 aliphatic rings. The number of benzene rings is 2. The highest BCUT2D eigenvalue weighted by Crippen LogP contribution is 2.28. The first kappa shape index (κ1) is 22.0. The summed E-state index contributed by atoms with van der Waals surface area (Å²) >= 11 is 5.22. The maximum Gasteiger partial charge on any atom is 0.270 e. The molecule has 0 atom stereocenters. The van der Waals surface area contributed by atoms with Gasteiger partial charge in [-0.1, -0.05) is 24.3 Å². The van der Waals surface area contributed by atoms with E-state index in [0.717, 1.165) is 0 Å². The van der Waals surface area contributed by atoms with Crippen LogP contribution in [0.5, 0.6) is 5.75 Å². The number of rotatable bonds is 6. The first-order chi connectivity index (χ1) is 15.9. The smallest absolute Gasteiger partial charge is 0.270 e. The summed E-state index contributed by atoms with van der Waals surface area (Å²) in [5, 5.41) is 13.6. The van der Waals surface area contributed by atoms with Crippen molar-refractivity contribution in [3.8, 4) is 17.1 Å². The molecule has 2 heterocycles. The van der Waals surface area contributed by atoms with Crippen LogP contribution in [0.25, 0.3) is 17.4 Å². The van der Waals surface area contributed by atoms with Gasteiger partial charge in [0.1, 0.15) is 22.8 Å². The lowest BCUT2D eigenvalue weighted by Crippen LogP contribution is -2.54. The summed E-state index contributed by atoms with van der Waals surface area (Å²) in [4.78, 5) is 38.0. The van der Waals surface area contributed by atoms with E-state index >= 15 is 0 Å². The Bertz CT molecular complexity index is 1310. The lowest BCUT2D eigenvalue weighted by molar-refractivity contribution is -0.255. The number of nitrogens with one attached hydrogen (secondary N) is 1. The molecule has 1 aliphatic heterocycles. The van der Waals surface area contributed by atoms with Crippen LogP contribution in [0.1, 0.15) is 23.0 Å². The van der Waals surface area contributed by atoms with Crippen molar-refractivity contribution in [2.75, 3.05) is 11.5 Å². The van der Waals surface area contributed by atoms with Crippen LogP contribution < -0.4 is 20.1 Å². The Hall–Kier alpha value is -4.24. The van der Waals surface area contributed by atoms with Gasteiger partial charge >= 0.3 is 0 Å². The van der Waals surface area contributed by atoms with Crippen molar-refractivity contribution in [3.05, 3.63) is 77.6 Å². The standard InChI is InChI=1S/C24H18N2O6S/c1-2-31-17-8-4-7-16(12-17)26-22(28)19(21(27)25-24(26)33)13-18-9-10-20(32-18)14-5-3-6-15(11-14)23(29)30/h3-13H,2H2,1H3,(H,29,30)(H,25,27,33)/p-1/b19-13-. The lowest BCUT2D eigenvalue weighted by Gasteiger charge is -2.29. The highest BCUT2D eigenvalue weighted by atomic mass is 32.1. The summed E-state index contributed by atoms with van der Waals surface area (Å²) in [7, 11) is 0. The fraction of sp³-hybridized carbons (Fsp3) is 0.0833. The van der Waals surface area contributed by atoms with Crippen LogP contribution in [0.2, 0.25) is 0 Å². The number of thiocarbonyl (C=S) groups is 1. The van der Waals surface area contributed by atoms with Crippen LogP contribution >= 0.6 is 12.2 Å². The van der Waals surface area contributed by atoms with Crippen molar-refractivity contribution in [1.29, 1.82) is 0 Å². The van der Waals surface area contributed by atoms with E-state index in [9.17, 15) is 19.5 Å². The van der Waals surface area contributed by atoms with Gasteiger partial charge < -0.3 is 19.1 Å². The summed E-state index contributed by atoms with van der Waals surface area (Å²) < 4.78 is 11.2. The number of carbonyl (C=O) groups is 3. The van der Waals surface area contributed by atoms with E-state index in [-0.39, 0.29) is 22.0 Å². The van der Waals surface area contributed by atoms with Crippen molar-refractivity contribution >= 4 is 46.9 Å². The maximum absolute atomic E-state index is 13.2. The number of ether oxygens (including phenoxy) is 1. The third kappa shape index (κ3) is 4.53. The number of carboxylic acid groups (broad SMARTS) is 1. The minimum Gasteiger partial charge on any atom is -0.545 e. The van der Waals surface area contributed by atoms with E-state index < -0.39 is 17.8 Å². The molecule has 0 bridgehead atoms. The third-order valence-electron chi connectivity index (χ3n) is 4.78. The number of hydrogen-bond acceptors (Lipinski definition) is 7. The van der Waals surface area contributed by atoms with Gasteiger partial charge in [0.25, 0.3) is 11.8 Å². The molecule has 1 fully saturated rings. The van der Waals surface area contributed by atoms with E-state index in [1.807, 2.05) is 6.92 Å². The summed E-state index contributed by atoms with van der Waals surface area (Å²) in [6, 6.07) is 16.0. The molecule has 8 nitrogen and oxygen atoms in total. The Morgan fingerprint density at radius 3 is 2.70 bits per heavy atom. The fourth-order valence-electron chi connectivity index (χ4n) is 3.30. The topological polar surface area (TPSA) is 112 Å². The number of carbonyl (C=O) groups excluding carboxylic acids is 3. The van der Waals surface area contributed by atoms with Gasteiger partial charge in [-0.15, -0.1) is 0 Å². The average Bonchev–Trinajstić information content (AvgIpc) is 3.26. The molecule has 0 aliphatic carbocycles. The molecule has 4 rings (SSSR count). The van der Waals surface area contributed by atoms with Crippen molar-refractivity contribution in [1.82, 2.24) is 5.32 Å². The first-order valence-corrected chi connectivity index (χ1v) is 10.3. The summed E-state index contributed by atoms with van der Waals surface area (Å²) in [6.07, 6.45) is 1.31. The highest BCUT2D eigenvalue weighted by Gasteiger charge is 2.35. The molecule has 0 unspecified atom stereocenters. The number of aromatic carboxylic acids is 1. The van der Waals surface area contributed by atoms with Gasteiger partial charge in [0, 0.05) is 11.6 Å². The number of anilines is 1. The molecular formula is C24H17N2O6S-. The number of furan rings is 1. The van der Waals surface area contributed by atoms with Crippen LogP contribution in [-0.4, -0.2) is 29.5 Å². The van der Waals surface area contributed by atoms with Crippen LogP contribution in [0.3, 0.4) is 0 Å². The summed E-state index contributed by atoms with van der Waals surface area (Å²) in [5.74, 6) is -1.42. The number of amides is 2. The predicted octanol–water partition coefficient (Wildman–Crippen LogP) is 2.54. The molecule has 1 N–H and O–H groups in total. The van der Waals surface area contributed by atoms with E-state index in [1.165, 1.54) is 23.1 Å². The average molecular weight is 461 g/mol. The molecule has 3 aromatic rings. The molecule has 0 spiro atoms. The second-order valence-corrected chi connectivity index (χ2v) is 7.35. The van der Waals surface area contributed by atoms with Crippen LogP contribution in [0.4, 0.5) is 5.69 Å². The van der Waals surface area contributed by atoms with E-state index in [1.54, 1.807) is 48.5 Å². The second kappa shape index (κ2) is 9.09. The number of carboxylic acids is 1. The zero-order valence-electron chi connectivity index (χ0n) is 17.4. The maximum atomic E-state index is 13.2. The third-order valence-corrected chi connectivity index (χ3v) is 5.07. The Morgan fingerprint density at radius 1 is 1.15 bits per heavy atom. The number of hydrogen-bond donors (Lipinski definition) is 1. The van der Waals surface area contributed by atoms with Gasteiger partial charge in [-0.3, -0.25) is 19.8 Å². The Balaban J connectivity index is 1.65. The van der Waals surface area contributed by atoms with E-state index in [2.05, 4.69) is 5.32 Å². The zero-order valence-corrected chi connectivity index (χ0v) is 18.2. The zero-order chi connectivity index (χ0) is 23.5. The lowest BCUT2D eigenvalue weighted by atomic mass is 10.1.